The first-order chi connectivity index (χ1) is 8.74. The minimum Gasteiger partial charge on any atom is -0.372 e. The molecule has 1 aliphatic heterocycles. The van der Waals surface area contributed by atoms with E-state index in [1.807, 2.05) is 13.0 Å². The quantitative estimate of drug-likeness (QED) is 0.754. The lowest BCUT2D eigenvalue weighted by Gasteiger charge is -2.23. The number of hydrogen-bond donors (Lipinski definition) is 0. The zero-order valence-electron chi connectivity index (χ0n) is 11.5. The van der Waals surface area contributed by atoms with E-state index in [0.29, 0.717) is 0 Å². The third kappa shape index (κ3) is 2.92. The molecule has 1 aromatic rings. The second kappa shape index (κ2) is 6.03. The normalized spacial score (nSPS) is 20.6. The van der Waals surface area contributed by atoms with Gasteiger partial charge in [-0.1, -0.05) is 13.3 Å². The van der Waals surface area contributed by atoms with E-state index in [1.54, 1.807) is 0 Å². The maximum absolute atomic E-state index is 10.8. The van der Waals surface area contributed by atoms with Crippen LogP contribution in [0.4, 0.5) is 5.69 Å². The predicted molar refractivity (Wildman–Crippen MR) is 76.4 cm³/mol. The number of rotatable bonds is 3. The molecule has 0 aromatic heterocycles. The molecule has 0 radical (unpaired) electrons. The second-order valence-electron chi connectivity index (χ2n) is 5.35. The first-order valence-corrected chi connectivity index (χ1v) is 7.05. The van der Waals surface area contributed by atoms with Crippen LogP contribution in [-0.4, -0.2) is 19.4 Å². The Morgan fingerprint density at radius 1 is 1.33 bits per heavy atom. The maximum atomic E-state index is 10.8. The summed E-state index contributed by atoms with van der Waals surface area (Å²) in [6, 6.07) is 6.18. The average Bonchev–Trinajstić information content (AvgIpc) is 2.63. The van der Waals surface area contributed by atoms with Gasteiger partial charge in [-0.05, 0) is 55.9 Å². The Hall–Kier alpha value is -1.31. The molecular formula is C16H23NO. The summed E-state index contributed by atoms with van der Waals surface area (Å²) in [6.45, 7) is 6.61. The molecule has 0 aliphatic carbocycles. The molecule has 0 N–H and O–H groups in total. The van der Waals surface area contributed by atoms with E-state index in [0.717, 1.165) is 36.4 Å². The van der Waals surface area contributed by atoms with Crippen molar-refractivity contribution >= 4 is 12.0 Å². The van der Waals surface area contributed by atoms with Gasteiger partial charge in [0.15, 0.2) is 0 Å². The molecule has 1 aliphatic rings. The standard InChI is InChI=1S/C16H23NO/c1-3-14-5-4-9-17(10-8-14)16-7-6-15(12-18)13(2)11-16/h6-7,11-12,14H,3-5,8-10H2,1-2H3. The van der Waals surface area contributed by atoms with Gasteiger partial charge in [-0.3, -0.25) is 4.79 Å². The van der Waals surface area contributed by atoms with Crippen LogP contribution in [0.5, 0.6) is 0 Å². The molecule has 1 heterocycles. The first-order valence-electron chi connectivity index (χ1n) is 7.05. The lowest BCUT2D eigenvalue weighted by atomic mass is 9.98. The number of aryl methyl sites for hydroxylation is 1. The summed E-state index contributed by atoms with van der Waals surface area (Å²) in [5.74, 6) is 0.894. The van der Waals surface area contributed by atoms with Gasteiger partial charge < -0.3 is 4.90 Å². The van der Waals surface area contributed by atoms with Gasteiger partial charge in [-0.25, -0.2) is 0 Å². The van der Waals surface area contributed by atoms with Gasteiger partial charge in [0.05, 0.1) is 0 Å². The molecule has 0 amide bonds. The van der Waals surface area contributed by atoms with Gasteiger partial charge in [0.2, 0.25) is 0 Å². The van der Waals surface area contributed by atoms with Crippen LogP contribution in [0.3, 0.4) is 0 Å². The van der Waals surface area contributed by atoms with Crippen LogP contribution in [0.25, 0.3) is 0 Å². The largest absolute Gasteiger partial charge is 0.372 e. The third-order valence-corrected chi connectivity index (χ3v) is 4.17. The molecule has 1 saturated heterocycles. The van der Waals surface area contributed by atoms with Crippen molar-refractivity contribution in [3.63, 3.8) is 0 Å². The van der Waals surface area contributed by atoms with Crippen molar-refractivity contribution in [2.45, 2.75) is 39.5 Å². The number of carbonyl (C=O) groups is 1. The van der Waals surface area contributed by atoms with Crippen molar-refractivity contribution in [2.24, 2.45) is 5.92 Å². The Balaban J connectivity index is 2.11. The van der Waals surface area contributed by atoms with Crippen molar-refractivity contribution in [2.75, 3.05) is 18.0 Å². The average molecular weight is 245 g/mol. The molecule has 2 heteroatoms. The van der Waals surface area contributed by atoms with Crippen molar-refractivity contribution in [3.05, 3.63) is 29.3 Å². The first kappa shape index (κ1) is 13.1. The zero-order valence-corrected chi connectivity index (χ0v) is 11.5. The van der Waals surface area contributed by atoms with E-state index in [9.17, 15) is 4.79 Å². The van der Waals surface area contributed by atoms with E-state index in [4.69, 9.17) is 0 Å². The Kier molecular flexibility index (Phi) is 4.40. The van der Waals surface area contributed by atoms with Crippen LogP contribution < -0.4 is 4.90 Å². The van der Waals surface area contributed by atoms with E-state index < -0.39 is 0 Å². The van der Waals surface area contributed by atoms with Gasteiger partial charge in [0, 0.05) is 24.3 Å². The molecule has 0 bridgehead atoms. The molecule has 0 saturated carbocycles. The summed E-state index contributed by atoms with van der Waals surface area (Å²) >= 11 is 0. The fourth-order valence-electron chi connectivity index (χ4n) is 2.82. The highest BCUT2D eigenvalue weighted by molar-refractivity contribution is 5.78. The van der Waals surface area contributed by atoms with Gasteiger partial charge in [0.25, 0.3) is 0 Å². The third-order valence-electron chi connectivity index (χ3n) is 4.17. The minimum absolute atomic E-state index is 0.806. The van der Waals surface area contributed by atoms with Crippen LogP contribution in [0.15, 0.2) is 18.2 Å². The number of anilines is 1. The summed E-state index contributed by atoms with van der Waals surface area (Å²) in [5.41, 5.74) is 3.16. The van der Waals surface area contributed by atoms with Crippen molar-refractivity contribution < 1.29 is 4.79 Å². The highest BCUT2D eigenvalue weighted by atomic mass is 16.1. The Morgan fingerprint density at radius 3 is 2.83 bits per heavy atom. The molecule has 0 spiro atoms. The number of hydrogen-bond acceptors (Lipinski definition) is 2. The number of aldehydes is 1. The SMILES string of the molecule is CCC1CCCN(c2ccc(C=O)c(C)c2)CC1. The lowest BCUT2D eigenvalue weighted by Crippen LogP contribution is -2.24. The molecule has 2 rings (SSSR count). The highest BCUT2D eigenvalue weighted by Gasteiger charge is 2.16. The van der Waals surface area contributed by atoms with Gasteiger partial charge in [0.1, 0.15) is 6.29 Å². The topological polar surface area (TPSA) is 20.3 Å². The molecule has 98 valence electrons. The van der Waals surface area contributed by atoms with E-state index in [-0.39, 0.29) is 0 Å². The molecule has 18 heavy (non-hydrogen) atoms. The summed E-state index contributed by atoms with van der Waals surface area (Å²) in [6.07, 6.45) is 6.18. The summed E-state index contributed by atoms with van der Waals surface area (Å²) in [4.78, 5) is 13.3. The Morgan fingerprint density at radius 2 is 2.17 bits per heavy atom. The minimum atomic E-state index is 0.806. The fraction of sp³-hybridized carbons (Fsp3) is 0.562. The molecule has 1 fully saturated rings. The van der Waals surface area contributed by atoms with Gasteiger partial charge in [-0.15, -0.1) is 0 Å². The Labute approximate surface area is 110 Å². The van der Waals surface area contributed by atoms with E-state index in [1.165, 1.54) is 31.4 Å². The summed E-state index contributed by atoms with van der Waals surface area (Å²) in [5, 5.41) is 0. The number of nitrogens with zero attached hydrogens (tertiary/aromatic N) is 1. The maximum Gasteiger partial charge on any atom is 0.150 e. The molecule has 2 nitrogen and oxygen atoms in total. The number of benzene rings is 1. The lowest BCUT2D eigenvalue weighted by molar-refractivity contribution is 0.112. The molecule has 1 unspecified atom stereocenters. The van der Waals surface area contributed by atoms with Crippen LogP contribution in [-0.2, 0) is 0 Å². The van der Waals surface area contributed by atoms with Crippen molar-refractivity contribution in [1.29, 1.82) is 0 Å². The van der Waals surface area contributed by atoms with Crippen LogP contribution in [0.2, 0.25) is 0 Å². The summed E-state index contributed by atoms with van der Waals surface area (Å²) < 4.78 is 0. The van der Waals surface area contributed by atoms with E-state index in [2.05, 4.69) is 24.0 Å². The van der Waals surface area contributed by atoms with Crippen LogP contribution >= 0.6 is 0 Å². The highest BCUT2D eigenvalue weighted by Crippen LogP contribution is 2.25. The predicted octanol–water partition coefficient (Wildman–Crippen LogP) is 3.82. The van der Waals surface area contributed by atoms with Crippen LogP contribution in [0.1, 0.15) is 48.5 Å². The second-order valence-corrected chi connectivity index (χ2v) is 5.35. The zero-order chi connectivity index (χ0) is 13.0. The van der Waals surface area contributed by atoms with Crippen molar-refractivity contribution in [3.8, 4) is 0 Å². The molecular weight excluding hydrogens is 222 g/mol. The fourth-order valence-corrected chi connectivity index (χ4v) is 2.82. The van der Waals surface area contributed by atoms with Gasteiger partial charge in [-0.2, -0.15) is 0 Å². The summed E-state index contributed by atoms with van der Waals surface area (Å²) in [7, 11) is 0. The molecule has 1 aromatic carbocycles. The number of carbonyl (C=O) groups excluding carboxylic acids is 1. The van der Waals surface area contributed by atoms with Crippen LogP contribution in [0, 0.1) is 12.8 Å². The smallest absolute Gasteiger partial charge is 0.150 e. The monoisotopic (exact) mass is 245 g/mol. The molecule has 1 atom stereocenters. The van der Waals surface area contributed by atoms with Crippen molar-refractivity contribution in [1.82, 2.24) is 0 Å². The van der Waals surface area contributed by atoms with Gasteiger partial charge >= 0.3 is 0 Å². The van der Waals surface area contributed by atoms with E-state index >= 15 is 0 Å². The Bertz CT molecular complexity index is 414.